The highest BCUT2D eigenvalue weighted by atomic mass is 16.5. The van der Waals surface area contributed by atoms with Crippen molar-refractivity contribution >= 4 is 10.9 Å². The van der Waals surface area contributed by atoms with Crippen molar-refractivity contribution in [1.29, 1.82) is 0 Å². The van der Waals surface area contributed by atoms with Gasteiger partial charge in [0.05, 0.1) is 25.3 Å². The summed E-state index contributed by atoms with van der Waals surface area (Å²) in [7, 11) is 0. The third kappa shape index (κ3) is 3.50. The minimum atomic E-state index is 0.0784. The number of hydrogen-bond donors (Lipinski definition) is 2. The molecule has 0 aliphatic rings. The van der Waals surface area contributed by atoms with Gasteiger partial charge >= 0.3 is 0 Å². The largest absolute Gasteiger partial charge is 0.394 e. The van der Waals surface area contributed by atoms with Crippen molar-refractivity contribution < 1.29 is 9.84 Å². The van der Waals surface area contributed by atoms with Gasteiger partial charge in [0, 0.05) is 24.7 Å². The van der Waals surface area contributed by atoms with Gasteiger partial charge < -0.3 is 15.2 Å². The van der Waals surface area contributed by atoms with Crippen LogP contribution in [0.4, 0.5) is 0 Å². The smallest absolute Gasteiger partial charge is 0.0705 e. The van der Waals surface area contributed by atoms with Crippen LogP contribution in [0.2, 0.25) is 0 Å². The van der Waals surface area contributed by atoms with Crippen molar-refractivity contribution in [3.63, 3.8) is 0 Å². The number of rotatable bonds is 7. The Morgan fingerprint density at radius 2 is 2.06 bits per heavy atom. The number of nitrogens with one attached hydrogen (secondary N) is 1. The zero-order valence-electron chi connectivity index (χ0n) is 10.3. The maximum absolute atomic E-state index is 8.57. The quantitative estimate of drug-likeness (QED) is 0.724. The van der Waals surface area contributed by atoms with Crippen LogP contribution < -0.4 is 5.32 Å². The van der Waals surface area contributed by atoms with E-state index < -0.39 is 0 Å². The average molecular weight is 246 g/mol. The Labute approximate surface area is 107 Å². The van der Waals surface area contributed by atoms with E-state index in [9.17, 15) is 0 Å². The molecule has 2 N–H and O–H groups in total. The monoisotopic (exact) mass is 246 g/mol. The van der Waals surface area contributed by atoms with Crippen LogP contribution in [0.3, 0.4) is 0 Å². The van der Waals surface area contributed by atoms with Crippen LogP contribution in [0, 0.1) is 0 Å². The lowest BCUT2D eigenvalue weighted by atomic mass is 10.1. The van der Waals surface area contributed by atoms with Gasteiger partial charge in [-0.2, -0.15) is 0 Å². The predicted molar refractivity (Wildman–Crippen MR) is 71.4 cm³/mol. The Morgan fingerprint density at radius 3 is 2.94 bits per heavy atom. The fourth-order valence-electron chi connectivity index (χ4n) is 1.84. The van der Waals surface area contributed by atoms with Crippen LogP contribution in [0.5, 0.6) is 0 Å². The molecule has 0 aliphatic heterocycles. The van der Waals surface area contributed by atoms with Crippen molar-refractivity contribution in [1.82, 2.24) is 10.3 Å². The zero-order chi connectivity index (χ0) is 12.6. The van der Waals surface area contributed by atoms with Gasteiger partial charge in [0.25, 0.3) is 0 Å². The highest BCUT2D eigenvalue weighted by Gasteiger charge is 2.00. The number of benzene rings is 1. The minimum absolute atomic E-state index is 0.0784. The number of aromatic nitrogens is 1. The molecule has 1 heterocycles. The maximum atomic E-state index is 8.57. The van der Waals surface area contributed by atoms with Gasteiger partial charge in [-0.25, -0.2) is 0 Å². The molecule has 0 fully saturated rings. The number of aliphatic hydroxyl groups is 1. The van der Waals surface area contributed by atoms with Gasteiger partial charge in [0.2, 0.25) is 0 Å². The Morgan fingerprint density at radius 1 is 1.17 bits per heavy atom. The molecule has 1 aromatic carbocycles. The number of para-hydroxylation sites is 1. The van der Waals surface area contributed by atoms with E-state index in [-0.39, 0.29) is 6.61 Å². The summed E-state index contributed by atoms with van der Waals surface area (Å²) in [6, 6.07) is 10.2. The molecule has 0 saturated heterocycles. The van der Waals surface area contributed by atoms with Crippen LogP contribution in [-0.4, -0.2) is 36.5 Å². The van der Waals surface area contributed by atoms with Crippen LogP contribution in [0.15, 0.2) is 36.5 Å². The summed E-state index contributed by atoms with van der Waals surface area (Å²) >= 11 is 0. The van der Waals surface area contributed by atoms with Crippen molar-refractivity contribution in [3.8, 4) is 0 Å². The number of pyridine rings is 1. The lowest BCUT2D eigenvalue weighted by Gasteiger charge is -2.08. The van der Waals surface area contributed by atoms with E-state index >= 15 is 0 Å². The molecule has 96 valence electrons. The zero-order valence-corrected chi connectivity index (χ0v) is 10.3. The fraction of sp³-hybridized carbons (Fsp3) is 0.357. The Bertz CT molecular complexity index is 483. The molecule has 0 atom stereocenters. The van der Waals surface area contributed by atoms with Crippen molar-refractivity contribution in [2.75, 3.05) is 26.4 Å². The molecular weight excluding hydrogens is 228 g/mol. The number of hydrogen-bond acceptors (Lipinski definition) is 4. The number of fused-ring (bicyclic) bond motifs is 1. The number of aliphatic hydroxyl groups excluding tert-OH is 1. The number of nitrogens with zero attached hydrogens (tertiary/aromatic N) is 1. The van der Waals surface area contributed by atoms with Gasteiger partial charge in [0.1, 0.15) is 0 Å². The average Bonchev–Trinajstić information content (AvgIpc) is 2.43. The molecule has 0 bridgehead atoms. The van der Waals surface area contributed by atoms with E-state index in [4.69, 9.17) is 9.84 Å². The summed E-state index contributed by atoms with van der Waals surface area (Å²) in [5.74, 6) is 0. The Hall–Kier alpha value is -1.49. The standard InChI is InChI=1S/C14H18N2O2/c17-8-10-18-9-7-15-11-12-5-6-16-14-4-2-1-3-13(12)14/h1-6,15,17H,7-11H2. The van der Waals surface area contributed by atoms with Gasteiger partial charge in [-0.15, -0.1) is 0 Å². The van der Waals surface area contributed by atoms with E-state index in [2.05, 4.69) is 16.4 Å². The Balaban J connectivity index is 1.88. The van der Waals surface area contributed by atoms with Crippen molar-refractivity contribution in [3.05, 3.63) is 42.1 Å². The van der Waals surface area contributed by atoms with Gasteiger partial charge in [-0.1, -0.05) is 18.2 Å². The first-order chi connectivity index (χ1) is 8.92. The summed E-state index contributed by atoms with van der Waals surface area (Å²) in [5.41, 5.74) is 2.26. The first-order valence-corrected chi connectivity index (χ1v) is 6.14. The normalized spacial score (nSPS) is 10.9. The first kappa shape index (κ1) is 13.0. The highest BCUT2D eigenvalue weighted by Crippen LogP contribution is 2.15. The van der Waals surface area contributed by atoms with Gasteiger partial charge in [-0.3, -0.25) is 4.98 Å². The van der Waals surface area contributed by atoms with Gasteiger partial charge in [0.15, 0.2) is 0 Å². The molecule has 1 aromatic heterocycles. The molecule has 2 rings (SSSR count). The number of ether oxygens (including phenoxy) is 1. The molecule has 4 nitrogen and oxygen atoms in total. The Kier molecular flexibility index (Phi) is 5.08. The first-order valence-electron chi connectivity index (χ1n) is 6.14. The molecule has 0 aliphatic carbocycles. The third-order valence-electron chi connectivity index (χ3n) is 2.71. The molecule has 0 saturated carbocycles. The summed E-state index contributed by atoms with van der Waals surface area (Å²) < 4.78 is 5.18. The fourth-order valence-corrected chi connectivity index (χ4v) is 1.84. The van der Waals surface area contributed by atoms with Crippen LogP contribution >= 0.6 is 0 Å². The third-order valence-corrected chi connectivity index (χ3v) is 2.71. The molecule has 0 spiro atoms. The molecule has 4 heteroatoms. The summed E-state index contributed by atoms with van der Waals surface area (Å²) in [6.45, 7) is 2.67. The topological polar surface area (TPSA) is 54.4 Å². The molecule has 0 unspecified atom stereocenters. The molecule has 18 heavy (non-hydrogen) atoms. The van der Waals surface area contributed by atoms with E-state index in [0.717, 1.165) is 18.6 Å². The minimum Gasteiger partial charge on any atom is -0.394 e. The molecule has 0 radical (unpaired) electrons. The second kappa shape index (κ2) is 7.06. The summed E-state index contributed by atoms with van der Waals surface area (Å²) in [4.78, 5) is 4.33. The van der Waals surface area contributed by atoms with Crippen molar-refractivity contribution in [2.45, 2.75) is 6.54 Å². The van der Waals surface area contributed by atoms with Crippen LogP contribution in [0.25, 0.3) is 10.9 Å². The second-order valence-electron chi connectivity index (χ2n) is 4.00. The second-order valence-corrected chi connectivity index (χ2v) is 4.00. The van der Waals surface area contributed by atoms with Gasteiger partial charge in [-0.05, 0) is 17.7 Å². The summed E-state index contributed by atoms with van der Waals surface area (Å²) in [5, 5.41) is 13.1. The molecule has 0 amide bonds. The van der Waals surface area contributed by atoms with E-state index in [1.54, 1.807) is 0 Å². The van der Waals surface area contributed by atoms with Crippen LogP contribution in [0.1, 0.15) is 5.56 Å². The summed E-state index contributed by atoms with van der Waals surface area (Å²) in [6.07, 6.45) is 1.83. The SMILES string of the molecule is OCCOCCNCc1ccnc2ccccc12. The van der Waals surface area contributed by atoms with Crippen molar-refractivity contribution in [2.24, 2.45) is 0 Å². The lowest BCUT2D eigenvalue weighted by molar-refractivity contribution is 0.0938. The maximum Gasteiger partial charge on any atom is 0.0705 e. The van der Waals surface area contributed by atoms with E-state index in [1.165, 1.54) is 10.9 Å². The van der Waals surface area contributed by atoms with E-state index in [0.29, 0.717) is 13.2 Å². The molecular formula is C14H18N2O2. The van der Waals surface area contributed by atoms with E-state index in [1.807, 2.05) is 30.5 Å². The molecule has 2 aromatic rings. The van der Waals surface area contributed by atoms with Crippen LogP contribution in [-0.2, 0) is 11.3 Å². The highest BCUT2D eigenvalue weighted by molar-refractivity contribution is 5.81. The lowest BCUT2D eigenvalue weighted by Crippen LogP contribution is -2.20. The predicted octanol–water partition coefficient (Wildman–Crippen LogP) is 1.33.